The van der Waals surface area contributed by atoms with Crippen LogP contribution in [0.4, 0.5) is 0 Å². The third-order valence-electron chi connectivity index (χ3n) is 3.62. The fraction of sp³-hybridized carbons (Fsp3) is 0.278. The van der Waals surface area contributed by atoms with E-state index in [1.165, 1.54) is 0 Å². The van der Waals surface area contributed by atoms with E-state index in [0.717, 1.165) is 12.8 Å². The van der Waals surface area contributed by atoms with Crippen molar-refractivity contribution in [1.29, 1.82) is 0 Å². The number of rotatable bonds is 9. The van der Waals surface area contributed by atoms with E-state index in [4.69, 9.17) is 5.11 Å². The minimum absolute atomic E-state index is 0.0957. The fourth-order valence-electron chi connectivity index (χ4n) is 2.29. The molecule has 0 saturated carbocycles. The van der Waals surface area contributed by atoms with Gasteiger partial charge in [-0.2, -0.15) is 0 Å². The number of benzene rings is 1. The van der Waals surface area contributed by atoms with Gasteiger partial charge < -0.3 is 15.4 Å². The number of aromatic nitrogens is 1. The molecular formula is C18H20N2O4. The van der Waals surface area contributed by atoms with Gasteiger partial charge in [0.15, 0.2) is 5.78 Å². The summed E-state index contributed by atoms with van der Waals surface area (Å²) in [5.74, 6) is -1.09. The summed E-state index contributed by atoms with van der Waals surface area (Å²) >= 11 is 0. The predicted molar refractivity (Wildman–Crippen MR) is 89.1 cm³/mol. The quantitative estimate of drug-likeness (QED) is 0.487. The molecule has 1 aromatic heterocycles. The molecule has 0 aliphatic carbocycles. The van der Waals surface area contributed by atoms with Gasteiger partial charge in [-0.1, -0.05) is 18.6 Å². The van der Waals surface area contributed by atoms with E-state index in [0.29, 0.717) is 29.7 Å². The molecule has 1 aromatic carbocycles. The molecule has 2 rings (SSSR count). The van der Waals surface area contributed by atoms with Crippen LogP contribution in [0.3, 0.4) is 0 Å². The smallest absolute Gasteiger partial charge is 0.303 e. The maximum Gasteiger partial charge on any atom is 0.303 e. The first-order chi connectivity index (χ1) is 11.6. The lowest BCUT2D eigenvalue weighted by Crippen LogP contribution is -2.24. The van der Waals surface area contributed by atoms with E-state index in [1.807, 2.05) is 0 Å². The van der Waals surface area contributed by atoms with Crippen molar-refractivity contribution in [2.45, 2.75) is 25.7 Å². The van der Waals surface area contributed by atoms with Gasteiger partial charge in [-0.15, -0.1) is 0 Å². The van der Waals surface area contributed by atoms with Gasteiger partial charge in [-0.3, -0.25) is 14.4 Å². The lowest BCUT2D eigenvalue weighted by atomic mass is 10.0. The van der Waals surface area contributed by atoms with E-state index in [1.54, 1.807) is 42.7 Å². The van der Waals surface area contributed by atoms with Crippen molar-refractivity contribution >= 4 is 17.7 Å². The third-order valence-corrected chi connectivity index (χ3v) is 3.62. The Morgan fingerprint density at radius 1 is 0.917 bits per heavy atom. The Labute approximate surface area is 139 Å². The van der Waals surface area contributed by atoms with Crippen LogP contribution < -0.4 is 5.32 Å². The molecule has 0 fully saturated rings. The zero-order chi connectivity index (χ0) is 17.4. The summed E-state index contributed by atoms with van der Waals surface area (Å²) in [7, 11) is 0. The van der Waals surface area contributed by atoms with Crippen molar-refractivity contribution in [3.63, 3.8) is 0 Å². The Morgan fingerprint density at radius 2 is 1.62 bits per heavy atom. The number of hydrogen-bond acceptors (Lipinski definition) is 3. The summed E-state index contributed by atoms with van der Waals surface area (Å²) in [5, 5.41) is 11.3. The highest BCUT2D eigenvalue weighted by atomic mass is 16.4. The average molecular weight is 328 g/mol. The van der Waals surface area contributed by atoms with Gasteiger partial charge in [0.1, 0.15) is 0 Å². The number of carboxylic acid groups (broad SMARTS) is 1. The summed E-state index contributed by atoms with van der Waals surface area (Å²) < 4.78 is 0. The maximum atomic E-state index is 12.1. The van der Waals surface area contributed by atoms with Gasteiger partial charge in [-0.05, 0) is 31.0 Å². The molecule has 6 nitrogen and oxygen atoms in total. The molecule has 1 heterocycles. The first-order valence-corrected chi connectivity index (χ1v) is 7.85. The van der Waals surface area contributed by atoms with Crippen LogP contribution in [-0.4, -0.2) is 34.3 Å². The number of amides is 1. The molecule has 0 saturated heterocycles. The number of carbonyl (C=O) groups excluding carboxylic acids is 2. The van der Waals surface area contributed by atoms with E-state index >= 15 is 0 Å². The van der Waals surface area contributed by atoms with Crippen LogP contribution in [0, 0.1) is 0 Å². The third kappa shape index (κ3) is 5.08. The Hall–Kier alpha value is -2.89. The highest BCUT2D eigenvalue weighted by Gasteiger charge is 2.11. The highest BCUT2D eigenvalue weighted by Crippen LogP contribution is 2.11. The topological polar surface area (TPSA) is 99.3 Å². The first-order valence-electron chi connectivity index (χ1n) is 7.85. The number of unbranched alkanes of at least 4 members (excludes halogenated alkanes) is 2. The maximum absolute atomic E-state index is 12.1. The SMILES string of the molecule is O=C(O)CCCCCNC(=O)c1ccc(C(=O)c2cc[nH]c2)cc1. The van der Waals surface area contributed by atoms with Crippen LogP contribution in [0.1, 0.15) is 52.0 Å². The number of H-pyrrole nitrogens is 1. The van der Waals surface area contributed by atoms with Crippen molar-refractivity contribution in [2.75, 3.05) is 6.54 Å². The minimum Gasteiger partial charge on any atom is -0.481 e. The molecule has 0 unspecified atom stereocenters. The van der Waals surface area contributed by atoms with Crippen molar-refractivity contribution in [1.82, 2.24) is 10.3 Å². The second-order valence-electron chi connectivity index (χ2n) is 5.47. The normalized spacial score (nSPS) is 10.3. The largest absolute Gasteiger partial charge is 0.481 e. The monoisotopic (exact) mass is 328 g/mol. The molecule has 3 N–H and O–H groups in total. The number of nitrogens with one attached hydrogen (secondary N) is 2. The van der Waals surface area contributed by atoms with Crippen LogP contribution >= 0.6 is 0 Å². The summed E-state index contributed by atoms with van der Waals surface area (Å²) in [5.41, 5.74) is 1.60. The van der Waals surface area contributed by atoms with Gasteiger partial charge in [-0.25, -0.2) is 0 Å². The molecule has 24 heavy (non-hydrogen) atoms. The fourth-order valence-corrected chi connectivity index (χ4v) is 2.29. The van der Waals surface area contributed by atoms with Crippen molar-refractivity contribution in [2.24, 2.45) is 0 Å². The zero-order valence-corrected chi connectivity index (χ0v) is 13.2. The van der Waals surface area contributed by atoms with E-state index in [9.17, 15) is 14.4 Å². The molecule has 1 amide bonds. The molecule has 2 aromatic rings. The Bertz CT molecular complexity index is 690. The molecule has 0 radical (unpaired) electrons. The highest BCUT2D eigenvalue weighted by molar-refractivity contribution is 6.09. The molecule has 126 valence electrons. The molecule has 6 heteroatoms. The number of carboxylic acids is 1. The Kier molecular flexibility index (Phi) is 6.31. The second kappa shape index (κ2) is 8.67. The van der Waals surface area contributed by atoms with E-state index in [-0.39, 0.29) is 18.1 Å². The molecule has 0 aliphatic heterocycles. The standard InChI is InChI=1S/C18H20N2O4/c21-16(22)4-2-1-3-10-20-18(24)14-7-5-13(6-8-14)17(23)15-9-11-19-12-15/h5-9,11-12,19H,1-4,10H2,(H,20,24)(H,21,22). The first kappa shape index (κ1) is 17.5. The molecule has 0 atom stereocenters. The molecular weight excluding hydrogens is 308 g/mol. The van der Waals surface area contributed by atoms with Crippen LogP contribution in [0.25, 0.3) is 0 Å². The lowest BCUT2D eigenvalue weighted by Gasteiger charge is -2.06. The van der Waals surface area contributed by atoms with E-state index < -0.39 is 5.97 Å². The van der Waals surface area contributed by atoms with Crippen molar-refractivity contribution < 1.29 is 19.5 Å². The van der Waals surface area contributed by atoms with Gasteiger partial charge in [0, 0.05) is 42.0 Å². The number of aliphatic carboxylic acids is 1. The van der Waals surface area contributed by atoms with Crippen molar-refractivity contribution in [3.05, 3.63) is 59.4 Å². The van der Waals surface area contributed by atoms with Crippen LogP contribution in [0.2, 0.25) is 0 Å². The Morgan fingerprint density at radius 3 is 2.25 bits per heavy atom. The van der Waals surface area contributed by atoms with Crippen LogP contribution in [-0.2, 0) is 4.79 Å². The number of hydrogen-bond donors (Lipinski definition) is 3. The van der Waals surface area contributed by atoms with Crippen LogP contribution in [0.15, 0.2) is 42.7 Å². The number of aromatic amines is 1. The molecule has 0 aliphatic rings. The number of ketones is 1. The summed E-state index contributed by atoms with van der Waals surface area (Å²) in [4.78, 5) is 37.4. The lowest BCUT2D eigenvalue weighted by molar-refractivity contribution is -0.137. The minimum atomic E-state index is -0.798. The summed E-state index contributed by atoms with van der Waals surface area (Å²) in [6.45, 7) is 0.502. The number of carbonyl (C=O) groups is 3. The van der Waals surface area contributed by atoms with Gasteiger partial charge in [0.25, 0.3) is 5.91 Å². The van der Waals surface area contributed by atoms with Gasteiger partial charge in [0.05, 0.1) is 0 Å². The summed E-state index contributed by atoms with van der Waals surface area (Å²) in [6.07, 6.45) is 5.59. The second-order valence-corrected chi connectivity index (χ2v) is 5.47. The predicted octanol–water partition coefficient (Wildman–Crippen LogP) is 2.62. The average Bonchev–Trinajstić information content (AvgIpc) is 3.11. The Balaban J connectivity index is 1.79. The van der Waals surface area contributed by atoms with Gasteiger partial charge >= 0.3 is 5.97 Å². The molecule has 0 bridgehead atoms. The zero-order valence-electron chi connectivity index (χ0n) is 13.2. The van der Waals surface area contributed by atoms with Gasteiger partial charge in [0.2, 0.25) is 0 Å². The van der Waals surface area contributed by atoms with E-state index in [2.05, 4.69) is 10.3 Å². The summed E-state index contributed by atoms with van der Waals surface area (Å²) in [6, 6.07) is 8.22. The van der Waals surface area contributed by atoms with Crippen molar-refractivity contribution in [3.8, 4) is 0 Å². The van der Waals surface area contributed by atoms with Crippen LogP contribution in [0.5, 0.6) is 0 Å². The molecule has 0 spiro atoms.